The number of nitrogens with one attached hydrogen (secondary N) is 1. The summed E-state index contributed by atoms with van der Waals surface area (Å²) < 4.78 is 0. The number of aliphatic hydroxyl groups is 3. The van der Waals surface area contributed by atoms with E-state index in [0.717, 1.165) is 32.1 Å². The van der Waals surface area contributed by atoms with Gasteiger partial charge in [0.2, 0.25) is 5.91 Å². The molecule has 3 atom stereocenters. The topological polar surface area (TPSA) is 89.8 Å². The van der Waals surface area contributed by atoms with Crippen LogP contribution in [-0.2, 0) is 4.79 Å². The fourth-order valence-corrected chi connectivity index (χ4v) is 4.00. The van der Waals surface area contributed by atoms with Crippen molar-refractivity contribution in [2.24, 2.45) is 0 Å². The van der Waals surface area contributed by atoms with E-state index in [1.165, 1.54) is 70.6 Å². The lowest BCUT2D eigenvalue weighted by Crippen LogP contribution is -2.46. The van der Waals surface area contributed by atoms with E-state index < -0.39 is 18.2 Å². The number of hydrogen-bond acceptors (Lipinski definition) is 4. The van der Waals surface area contributed by atoms with Gasteiger partial charge < -0.3 is 20.6 Å². The van der Waals surface area contributed by atoms with Crippen LogP contribution in [-0.4, -0.2) is 46.1 Å². The molecule has 0 aliphatic carbocycles. The first-order valence-corrected chi connectivity index (χ1v) is 13.3. The highest BCUT2D eigenvalue weighted by molar-refractivity contribution is 5.76. The van der Waals surface area contributed by atoms with Crippen LogP contribution in [0.5, 0.6) is 0 Å². The molecule has 0 aliphatic heterocycles. The highest BCUT2D eigenvalue weighted by Crippen LogP contribution is 2.14. The van der Waals surface area contributed by atoms with Gasteiger partial charge in [-0.25, -0.2) is 0 Å². The van der Waals surface area contributed by atoms with Crippen LogP contribution in [0.1, 0.15) is 136 Å². The molecular formula is C26H53NO4. The number of amides is 1. The van der Waals surface area contributed by atoms with E-state index in [2.05, 4.69) is 19.2 Å². The summed E-state index contributed by atoms with van der Waals surface area (Å²) in [4.78, 5) is 12.0. The standard InChI is InChI=1S/C26H53NO4/c1-3-5-7-8-9-10-11-12-13-14-15-16-17-19-25(30)24(22-28)27-26(31)21-20-23(29)18-6-4-2/h23-25,28-30H,3-22H2,1-2H3,(H,27,31). The van der Waals surface area contributed by atoms with Crippen LogP contribution in [0, 0.1) is 0 Å². The fraction of sp³-hybridized carbons (Fsp3) is 0.962. The molecule has 186 valence electrons. The Morgan fingerprint density at radius 1 is 0.677 bits per heavy atom. The zero-order valence-electron chi connectivity index (χ0n) is 20.6. The van der Waals surface area contributed by atoms with Gasteiger partial charge in [0, 0.05) is 6.42 Å². The molecule has 5 heteroatoms. The number of carbonyl (C=O) groups is 1. The van der Waals surface area contributed by atoms with E-state index in [9.17, 15) is 20.1 Å². The molecule has 5 nitrogen and oxygen atoms in total. The third kappa shape index (κ3) is 19.7. The van der Waals surface area contributed by atoms with Crippen LogP contribution >= 0.6 is 0 Å². The summed E-state index contributed by atoms with van der Waals surface area (Å²) in [5, 5.41) is 32.4. The molecule has 1 amide bonds. The highest BCUT2D eigenvalue weighted by Gasteiger charge is 2.20. The van der Waals surface area contributed by atoms with Gasteiger partial charge in [0.25, 0.3) is 0 Å². The van der Waals surface area contributed by atoms with Crippen molar-refractivity contribution in [3.63, 3.8) is 0 Å². The molecule has 0 bridgehead atoms. The summed E-state index contributed by atoms with van der Waals surface area (Å²) >= 11 is 0. The first kappa shape index (κ1) is 30.4. The smallest absolute Gasteiger partial charge is 0.220 e. The second kappa shape index (κ2) is 22.5. The molecule has 0 aromatic heterocycles. The molecule has 0 aliphatic rings. The summed E-state index contributed by atoms with van der Waals surface area (Å²) in [5.41, 5.74) is 0. The van der Waals surface area contributed by atoms with Crippen LogP contribution in [0.3, 0.4) is 0 Å². The predicted molar refractivity (Wildman–Crippen MR) is 130 cm³/mol. The predicted octanol–water partition coefficient (Wildman–Crippen LogP) is 5.64. The average Bonchev–Trinajstić information content (AvgIpc) is 2.77. The molecule has 3 unspecified atom stereocenters. The summed E-state index contributed by atoms with van der Waals surface area (Å²) in [5.74, 6) is -0.209. The van der Waals surface area contributed by atoms with Crippen molar-refractivity contribution in [2.45, 2.75) is 154 Å². The molecule has 0 saturated heterocycles. The van der Waals surface area contributed by atoms with Gasteiger partial charge in [-0.1, -0.05) is 110 Å². The van der Waals surface area contributed by atoms with Crippen molar-refractivity contribution in [1.29, 1.82) is 0 Å². The monoisotopic (exact) mass is 443 g/mol. The van der Waals surface area contributed by atoms with Gasteiger partial charge in [0.05, 0.1) is 24.9 Å². The van der Waals surface area contributed by atoms with E-state index in [1.54, 1.807) is 0 Å². The highest BCUT2D eigenvalue weighted by atomic mass is 16.3. The van der Waals surface area contributed by atoms with Crippen LogP contribution in [0.2, 0.25) is 0 Å². The van der Waals surface area contributed by atoms with Crippen LogP contribution in [0.4, 0.5) is 0 Å². The Bertz CT molecular complexity index is 392. The van der Waals surface area contributed by atoms with Gasteiger partial charge in [-0.05, 0) is 19.3 Å². The van der Waals surface area contributed by atoms with Crippen molar-refractivity contribution >= 4 is 5.91 Å². The van der Waals surface area contributed by atoms with E-state index >= 15 is 0 Å². The molecule has 0 rings (SSSR count). The Morgan fingerprint density at radius 2 is 1.16 bits per heavy atom. The molecule has 4 N–H and O–H groups in total. The molecule has 0 spiro atoms. The first-order valence-electron chi connectivity index (χ1n) is 13.3. The quantitative estimate of drug-likeness (QED) is 0.154. The Hall–Kier alpha value is -0.650. The SMILES string of the molecule is CCCCCCCCCCCCCCCC(O)C(CO)NC(=O)CCC(O)CCCC. The Morgan fingerprint density at radius 3 is 1.65 bits per heavy atom. The van der Waals surface area contributed by atoms with E-state index in [4.69, 9.17) is 0 Å². The molecular weight excluding hydrogens is 390 g/mol. The Balaban J connectivity index is 3.66. The summed E-state index contributed by atoms with van der Waals surface area (Å²) in [6.45, 7) is 4.07. The Kier molecular flexibility index (Phi) is 22.1. The molecule has 0 aromatic rings. The number of carbonyl (C=O) groups excluding carboxylic acids is 1. The van der Waals surface area contributed by atoms with Crippen LogP contribution in [0.25, 0.3) is 0 Å². The van der Waals surface area contributed by atoms with E-state index in [0.29, 0.717) is 12.8 Å². The van der Waals surface area contributed by atoms with Crippen molar-refractivity contribution in [2.75, 3.05) is 6.61 Å². The van der Waals surface area contributed by atoms with Crippen molar-refractivity contribution < 1.29 is 20.1 Å². The first-order chi connectivity index (χ1) is 15.0. The maximum Gasteiger partial charge on any atom is 0.220 e. The van der Waals surface area contributed by atoms with Gasteiger partial charge in [-0.2, -0.15) is 0 Å². The summed E-state index contributed by atoms with van der Waals surface area (Å²) in [6, 6.07) is -0.613. The summed E-state index contributed by atoms with van der Waals surface area (Å²) in [6.07, 6.45) is 19.5. The van der Waals surface area contributed by atoms with Gasteiger partial charge >= 0.3 is 0 Å². The largest absolute Gasteiger partial charge is 0.394 e. The molecule has 0 heterocycles. The molecule has 0 radical (unpaired) electrons. The second-order valence-corrected chi connectivity index (χ2v) is 9.29. The maximum atomic E-state index is 12.0. The lowest BCUT2D eigenvalue weighted by atomic mass is 10.0. The maximum absolute atomic E-state index is 12.0. The average molecular weight is 444 g/mol. The molecule has 0 fully saturated rings. The Labute approximate surface area is 192 Å². The van der Waals surface area contributed by atoms with Gasteiger partial charge in [-0.15, -0.1) is 0 Å². The van der Waals surface area contributed by atoms with Crippen molar-refractivity contribution in [3.8, 4) is 0 Å². The zero-order chi connectivity index (χ0) is 23.2. The van der Waals surface area contributed by atoms with Crippen LogP contribution in [0.15, 0.2) is 0 Å². The number of unbranched alkanes of at least 4 members (excludes halogenated alkanes) is 13. The van der Waals surface area contributed by atoms with Crippen molar-refractivity contribution in [1.82, 2.24) is 5.32 Å². The lowest BCUT2D eigenvalue weighted by Gasteiger charge is -2.22. The van der Waals surface area contributed by atoms with E-state index in [-0.39, 0.29) is 18.9 Å². The minimum absolute atomic E-state index is 0.209. The van der Waals surface area contributed by atoms with E-state index in [1.807, 2.05) is 0 Å². The third-order valence-corrected chi connectivity index (χ3v) is 6.21. The zero-order valence-corrected chi connectivity index (χ0v) is 20.6. The minimum Gasteiger partial charge on any atom is -0.394 e. The second-order valence-electron chi connectivity index (χ2n) is 9.29. The van der Waals surface area contributed by atoms with Crippen LogP contribution < -0.4 is 5.32 Å². The van der Waals surface area contributed by atoms with Gasteiger partial charge in [0.15, 0.2) is 0 Å². The van der Waals surface area contributed by atoms with Gasteiger partial charge in [0.1, 0.15) is 0 Å². The normalized spacial score (nSPS) is 14.4. The third-order valence-electron chi connectivity index (χ3n) is 6.21. The van der Waals surface area contributed by atoms with Gasteiger partial charge in [-0.3, -0.25) is 4.79 Å². The molecule has 0 aromatic carbocycles. The number of hydrogen-bond donors (Lipinski definition) is 4. The minimum atomic E-state index is -0.716. The fourth-order valence-electron chi connectivity index (χ4n) is 4.00. The molecule has 0 saturated carbocycles. The lowest BCUT2D eigenvalue weighted by molar-refractivity contribution is -0.123. The summed E-state index contributed by atoms with van der Waals surface area (Å²) in [7, 11) is 0. The molecule has 31 heavy (non-hydrogen) atoms. The number of rotatable bonds is 23. The van der Waals surface area contributed by atoms with Crippen molar-refractivity contribution in [3.05, 3.63) is 0 Å². The number of aliphatic hydroxyl groups excluding tert-OH is 3.